The lowest BCUT2D eigenvalue weighted by atomic mass is 10.1. The molecule has 0 aliphatic rings. The van der Waals surface area contributed by atoms with Gasteiger partial charge in [-0.1, -0.05) is 27.7 Å². The first-order chi connectivity index (χ1) is 11.7. The number of benzene rings is 1. The van der Waals surface area contributed by atoms with Gasteiger partial charge in [-0.3, -0.25) is 9.59 Å². The van der Waals surface area contributed by atoms with Crippen molar-refractivity contribution in [1.82, 2.24) is 15.6 Å². The summed E-state index contributed by atoms with van der Waals surface area (Å²) in [5.74, 6) is -0.552. The summed E-state index contributed by atoms with van der Waals surface area (Å²) in [4.78, 5) is 29.5. The molecule has 2 amide bonds. The van der Waals surface area contributed by atoms with E-state index in [1.807, 2.05) is 45.0 Å². The molecule has 0 saturated carbocycles. The van der Waals surface area contributed by atoms with Gasteiger partial charge < -0.3 is 10.6 Å². The van der Waals surface area contributed by atoms with Crippen LogP contribution in [0.5, 0.6) is 0 Å². The molecule has 0 spiro atoms. The van der Waals surface area contributed by atoms with E-state index >= 15 is 0 Å². The summed E-state index contributed by atoms with van der Waals surface area (Å²) in [6.07, 6.45) is 1.64. The number of nitrogens with one attached hydrogen (secondary N) is 2. The summed E-state index contributed by atoms with van der Waals surface area (Å²) >= 11 is 4.80. The minimum Gasteiger partial charge on any atom is -0.350 e. The van der Waals surface area contributed by atoms with Crippen LogP contribution >= 0.6 is 27.7 Å². The number of amides is 2. The Morgan fingerprint density at radius 2 is 1.84 bits per heavy atom. The molecule has 132 valence electrons. The monoisotopic (exact) mass is 421 g/mol. The van der Waals surface area contributed by atoms with Crippen LogP contribution in [0.3, 0.4) is 0 Å². The third-order valence-electron chi connectivity index (χ3n) is 2.97. The van der Waals surface area contributed by atoms with Crippen LogP contribution in [-0.4, -0.2) is 28.9 Å². The highest BCUT2D eigenvalue weighted by molar-refractivity contribution is 9.10. The van der Waals surface area contributed by atoms with E-state index in [9.17, 15) is 9.59 Å². The third-order valence-corrected chi connectivity index (χ3v) is 4.52. The molecule has 5 nitrogen and oxygen atoms in total. The van der Waals surface area contributed by atoms with Crippen LogP contribution in [0, 0.1) is 0 Å². The fourth-order valence-electron chi connectivity index (χ4n) is 1.98. The number of pyridine rings is 1. The normalized spacial score (nSPS) is 11.0. The minimum atomic E-state index is -0.335. The van der Waals surface area contributed by atoms with Crippen molar-refractivity contribution >= 4 is 39.5 Å². The van der Waals surface area contributed by atoms with E-state index in [2.05, 4.69) is 31.5 Å². The molecular formula is C18H20BrN3O2S. The van der Waals surface area contributed by atoms with E-state index in [1.165, 1.54) is 11.8 Å². The van der Waals surface area contributed by atoms with Crippen molar-refractivity contribution in [2.24, 2.45) is 0 Å². The standard InChI is InChI=1S/C18H20BrN3O2S/c1-18(2,3)22-15(23)11-21-16(24)14-5-4-10-20-17(14)25-13-8-6-12(19)7-9-13/h4-10H,11H2,1-3H3,(H,21,24)(H,22,23). The molecule has 7 heteroatoms. The summed E-state index contributed by atoms with van der Waals surface area (Å²) < 4.78 is 0.987. The minimum absolute atomic E-state index is 0.0760. The molecule has 1 heterocycles. The summed E-state index contributed by atoms with van der Waals surface area (Å²) in [7, 11) is 0. The lowest BCUT2D eigenvalue weighted by Crippen LogP contribution is -2.45. The van der Waals surface area contributed by atoms with Gasteiger partial charge in [0, 0.05) is 21.1 Å². The quantitative estimate of drug-likeness (QED) is 0.772. The molecule has 0 saturated heterocycles. The van der Waals surface area contributed by atoms with Crippen LogP contribution in [0.15, 0.2) is 57.0 Å². The van der Waals surface area contributed by atoms with Crippen molar-refractivity contribution < 1.29 is 9.59 Å². The highest BCUT2D eigenvalue weighted by atomic mass is 79.9. The van der Waals surface area contributed by atoms with E-state index in [0.717, 1.165) is 9.37 Å². The fraction of sp³-hybridized carbons (Fsp3) is 0.278. The number of carbonyl (C=O) groups excluding carboxylic acids is 2. The highest BCUT2D eigenvalue weighted by Crippen LogP contribution is 2.29. The van der Waals surface area contributed by atoms with Crippen LogP contribution in [0.25, 0.3) is 0 Å². The topological polar surface area (TPSA) is 71.1 Å². The predicted molar refractivity (Wildman–Crippen MR) is 103 cm³/mol. The number of carbonyl (C=O) groups is 2. The summed E-state index contributed by atoms with van der Waals surface area (Å²) in [5.41, 5.74) is 0.109. The zero-order chi connectivity index (χ0) is 18.4. The largest absolute Gasteiger partial charge is 0.350 e. The van der Waals surface area contributed by atoms with Gasteiger partial charge in [0.25, 0.3) is 5.91 Å². The maximum absolute atomic E-state index is 12.4. The first-order valence-corrected chi connectivity index (χ1v) is 9.33. The Balaban J connectivity index is 2.05. The molecule has 0 atom stereocenters. The fourth-order valence-corrected chi connectivity index (χ4v) is 3.12. The Labute approximate surface area is 160 Å². The van der Waals surface area contributed by atoms with Gasteiger partial charge in [-0.05, 0) is 57.2 Å². The van der Waals surface area contributed by atoms with Gasteiger partial charge in [-0.2, -0.15) is 0 Å². The summed E-state index contributed by atoms with van der Waals surface area (Å²) in [6.45, 7) is 5.59. The van der Waals surface area contributed by atoms with Gasteiger partial charge in [0.1, 0.15) is 5.03 Å². The number of nitrogens with zero attached hydrogens (tertiary/aromatic N) is 1. The van der Waals surface area contributed by atoms with Crippen molar-refractivity contribution in [3.05, 3.63) is 52.6 Å². The lowest BCUT2D eigenvalue weighted by Gasteiger charge is -2.20. The maximum atomic E-state index is 12.4. The summed E-state index contributed by atoms with van der Waals surface area (Å²) in [6, 6.07) is 11.2. The zero-order valence-corrected chi connectivity index (χ0v) is 16.7. The van der Waals surface area contributed by atoms with Gasteiger partial charge in [0.05, 0.1) is 12.1 Å². The number of halogens is 1. The smallest absolute Gasteiger partial charge is 0.254 e. The predicted octanol–water partition coefficient (Wildman–Crippen LogP) is 3.64. The number of rotatable bonds is 5. The Kier molecular flexibility index (Phi) is 6.61. The first kappa shape index (κ1) is 19.5. The Bertz CT molecular complexity index is 758. The molecule has 0 fully saturated rings. The van der Waals surface area contributed by atoms with Crippen molar-refractivity contribution in [3.8, 4) is 0 Å². The van der Waals surface area contributed by atoms with Gasteiger partial charge in [-0.25, -0.2) is 4.98 Å². The number of aromatic nitrogens is 1. The molecule has 0 aliphatic carbocycles. The Morgan fingerprint density at radius 3 is 2.48 bits per heavy atom. The second kappa shape index (κ2) is 8.49. The van der Waals surface area contributed by atoms with E-state index in [1.54, 1.807) is 18.3 Å². The maximum Gasteiger partial charge on any atom is 0.254 e. The molecule has 2 rings (SSSR count). The molecule has 0 aliphatic heterocycles. The Hall–Kier alpha value is -1.86. The molecule has 0 bridgehead atoms. The first-order valence-electron chi connectivity index (χ1n) is 7.72. The number of hydrogen-bond acceptors (Lipinski definition) is 4. The van der Waals surface area contributed by atoms with Crippen molar-refractivity contribution in [2.75, 3.05) is 6.54 Å². The van der Waals surface area contributed by atoms with Crippen LogP contribution < -0.4 is 10.6 Å². The average molecular weight is 422 g/mol. The van der Waals surface area contributed by atoms with E-state index < -0.39 is 0 Å². The van der Waals surface area contributed by atoms with Gasteiger partial charge in [-0.15, -0.1) is 0 Å². The van der Waals surface area contributed by atoms with Crippen LogP contribution in [0.2, 0.25) is 0 Å². The Morgan fingerprint density at radius 1 is 1.16 bits per heavy atom. The summed E-state index contributed by atoms with van der Waals surface area (Å²) in [5, 5.41) is 6.05. The van der Waals surface area contributed by atoms with Crippen molar-refractivity contribution in [1.29, 1.82) is 0 Å². The van der Waals surface area contributed by atoms with E-state index in [4.69, 9.17) is 0 Å². The highest BCUT2D eigenvalue weighted by Gasteiger charge is 2.17. The second-order valence-corrected chi connectivity index (χ2v) is 8.37. The molecule has 0 radical (unpaired) electrons. The van der Waals surface area contributed by atoms with Gasteiger partial charge in [0.2, 0.25) is 5.91 Å². The van der Waals surface area contributed by atoms with Crippen LogP contribution in [0.1, 0.15) is 31.1 Å². The third kappa shape index (κ3) is 6.51. The average Bonchev–Trinajstić information content (AvgIpc) is 2.54. The van der Waals surface area contributed by atoms with Gasteiger partial charge in [0.15, 0.2) is 0 Å². The molecule has 1 aromatic carbocycles. The van der Waals surface area contributed by atoms with Crippen LogP contribution in [0.4, 0.5) is 0 Å². The molecule has 0 unspecified atom stereocenters. The van der Waals surface area contributed by atoms with E-state index in [-0.39, 0.29) is 23.9 Å². The molecular weight excluding hydrogens is 402 g/mol. The molecule has 25 heavy (non-hydrogen) atoms. The second-order valence-electron chi connectivity index (χ2n) is 6.39. The number of hydrogen-bond donors (Lipinski definition) is 2. The van der Waals surface area contributed by atoms with Crippen molar-refractivity contribution in [3.63, 3.8) is 0 Å². The van der Waals surface area contributed by atoms with E-state index in [0.29, 0.717) is 10.6 Å². The van der Waals surface area contributed by atoms with Crippen LogP contribution in [-0.2, 0) is 4.79 Å². The van der Waals surface area contributed by atoms with Gasteiger partial charge >= 0.3 is 0 Å². The van der Waals surface area contributed by atoms with Crippen molar-refractivity contribution in [2.45, 2.75) is 36.2 Å². The molecule has 2 aromatic rings. The lowest BCUT2D eigenvalue weighted by molar-refractivity contribution is -0.121. The SMILES string of the molecule is CC(C)(C)NC(=O)CNC(=O)c1cccnc1Sc1ccc(Br)cc1. The zero-order valence-electron chi connectivity index (χ0n) is 14.3. The molecule has 2 N–H and O–H groups in total. The molecule has 1 aromatic heterocycles.